The summed E-state index contributed by atoms with van der Waals surface area (Å²) in [6.45, 7) is 1.62. The van der Waals surface area contributed by atoms with Gasteiger partial charge in [-0.05, 0) is 6.92 Å². The molecule has 0 aromatic carbocycles. The number of ether oxygens (including phenoxy) is 1. The summed E-state index contributed by atoms with van der Waals surface area (Å²) in [4.78, 5) is 16.2. The number of nitrogens with zero attached hydrogens (tertiary/aromatic N) is 2. The molecule has 1 aromatic heterocycles. The van der Waals surface area contributed by atoms with E-state index in [2.05, 4.69) is 9.97 Å². The second-order valence-corrected chi connectivity index (χ2v) is 1.81. The summed E-state index contributed by atoms with van der Waals surface area (Å²) in [5, 5.41) is 6.89. The van der Waals surface area contributed by atoms with E-state index in [1.165, 1.54) is 0 Å². The number of methoxy groups -OCH3 is 1. The third-order valence-corrected chi connectivity index (χ3v) is 0.942. The number of rotatable bonds is 1. The molecule has 0 aliphatic carbocycles. The van der Waals surface area contributed by atoms with Crippen LogP contribution in [0.25, 0.3) is 0 Å². The van der Waals surface area contributed by atoms with Crippen molar-refractivity contribution in [3.63, 3.8) is 0 Å². The molecule has 0 saturated carbocycles. The summed E-state index contributed by atoms with van der Waals surface area (Å²) in [6.07, 6.45) is 3.26. The molecule has 0 fully saturated rings. The van der Waals surface area contributed by atoms with Crippen LogP contribution in [-0.2, 0) is 4.79 Å². The number of carbonyl (C=O) groups is 1. The number of carboxylic acid groups (broad SMARTS) is 1. The SMILES string of the molecule is COc1cncc(C)n1.O=CO. The Hall–Kier alpha value is -1.65. The third-order valence-electron chi connectivity index (χ3n) is 0.942. The fraction of sp³-hybridized carbons (Fsp3) is 0.286. The minimum atomic E-state index is -0.250. The summed E-state index contributed by atoms with van der Waals surface area (Å²) in [7, 11) is 1.57. The molecule has 0 spiro atoms. The molecule has 0 radical (unpaired) electrons. The van der Waals surface area contributed by atoms with Crippen LogP contribution in [0.2, 0.25) is 0 Å². The third kappa shape index (κ3) is 4.21. The van der Waals surface area contributed by atoms with Crippen molar-refractivity contribution >= 4 is 6.47 Å². The zero-order valence-electron chi connectivity index (χ0n) is 6.89. The molecule has 1 heterocycles. The molecule has 66 valence electrons. The second kappa shape index (κ2) is 6.09. The zero-order valence-corrected chi connectivity index (χ0v) is 6.89. The zero-order chi connectivity index (χ0) is 9.40. The number of aryl methyl sites for hydroxylation is 1. The van der Waals surface area contributed by atoms with E-state index < -0.39 is 0 Å². The predicted molar refractivity (Wildman–Crippen MR) is 42.0 cm³/mol. The molecule has 5 heteroatoms. The van der Waals surface area contributed by atoms with E-state index in [4.69, 9.17) is 14.6 Å². The monoisotopic (exact) mass is 170 g/mol. The van der Waals surface area contributed by atoms with Crippen LogP contribution in [0.15, 0.2) is 12.4 Å². The first-order chi connectivity index (χ1) is 5.74. The van der Waals surface area contributed by atoms with Gasteiger partial charge >= 0.3 is 0 Å². The smallest absolute Gasteiger partial charge is 0.290 e. The van der Waals surface area contributed by atoms with Crippen LogP contribution in [0.5, 0.6) is 5.88 Å². The maximum atomic E-state index is 8.36. The van der Waals surface area contributed by atoms with E-state index in [0.29, 0.717) is 5.88 Å². The highest BCUT2D eigenvalue weighted by Crippen LogP contribution is 2.01. The van der Waals surface area contributed by atoms with Crippen molar-refractivity contribution in [3.05, 3.63) is 18.1 Å². The fourth-order valence-electron chi connectivity index (χ4n) is 0.539. The molecule has 0 saturated heterocycles. The topological polar surface area (TPSA) is 72.3 Å². The maximum Gasteiger partial charge on any atom is 0.290 e. The van der Waals surface area contributed by atoms with Crippen LogP contribution < -0.4 is 4.74 Å². The summed E-state index contributed by atoms with van der Waals surface area (Å²) in [5.74, 6) is 0.565. The Morgan fingerprint density at radius 1 is 1.58 bits per heavy atom. The van der Waals surface area contributed by atoms with Crippen LogP contribution >= 0.6 is 0 Å². The molecule has 12 heavy (non-hydrogen) atoms. The van der Waals surface area contributed by atoms with Crippen LogP contribution in [-0.4, -0.2) is 28.7 Å². The summed E-state index contributed by atoms with van der Waals surface area (Å²) in [5.41, 5.74) is 0.870. The van der Waals surface area contributed by atoms with E-state index in [1.807, 2.05) is 6.92 Å². The highest BCUT2D eigenvalue weighted by Gasteiger charge is 1.89. The maximum absolute atomic E-state index is 8.36. The normalized spacial score (nSPS) is 7.83. The second-order valence-electron chi connectivity index (χ2n) is 1.81. The van der Waals surface area contributed by atoms with Gasteiger partial charge in [0.1, 0.15) is 0 Å². The lowest BCUT2D eigenvalue weighted by Crippen LogP contribution is -1.89. The van der Waals surface area contributed by atoms with Crippen LogP contribution in [0.1, 0.15) is 5.69 Å². The lowest BCUT2D eigenvalue weighted by Gasteiger charge is -1.95. The van der Waals surface area contributed by atoms with Crippen LogP contribution in [0.4, 0.5) is 0 Å². The molecule has 0 unspecified atom stereocenters. The highest BCUT2D eigenvalue weighted by atomic mass is 16.5. The molecule has 1 rings (SSSR count). The molecule has 1 aromatic rings. The van der Waals surface area contributed by atoms with Gasteiger partial charge in [-0.15, -0.1) is 0 Å². The van der Waals surface area contributed by atoms with Gasteiger partial charge in [-0.3, -0.25) is 9.78 Å². The standard InChI is InChI=1S/C6H8N2O.CH2O2/c1-5-3-7-4-6(8-5)9-2;2-1-3/h3-4H,1-2H3;1H,(H,2,3). The Kier molecular flexibility index (Phi) is 5.25. The van der Waals surface area contributed by atoms with Gasteiger partial charge < -0.3 is 9.84 Å². The van der Waals surface area contributed by atoms with Crippen molar-refractivity contribution < 1.29 is 14.6 Å². The molecule has 5 nitrogen and oxygen atoms in total. The van der Waals surface area contributed by atoms with Gasteiger partial charge in [0.15, 0.2) is 0 Å². The van der Waals surface area contributed by atoms with E-state index in [1.54, 1.807) is 19.5 Å². The van der Waals surface area contributed by atoms with Crippen molar-refractivity contribution in [2.24, 2.45) is 0 Å². The van der Waals surface area contributed by atoms with Gasteiger partial charge in [0.25, 0.3) is 6.47 Å². The molecule has 0 atom stereocenters. The lowest BCUT2D eigenvalue weighted by atomic mass is 10.5. The predicted octanol–water partition coefficient (Wildman–Crippen LogP) is 0.494. The minimum Gasteiger partial charge on any atom is -0.483 e. The van der Waals surface area contributed by atoms with Crippen molar-refractivity contribution in [1.82, 2.24) is 9.97 Å². The van der Waals surface area contributed by atoms with Gasteiger partial charge in [-0.2, -0.15) is 0 Å². The summed E-state index contributed by atoms with van der Waals surface area (Å²) >= 11 is 0. The van der Waals surface area contributed by atoms with Crippen molar-refractivity contribution in [2.45, 2.75) is 6.92 Å². The molecule has 0 amide bonds. The molecule has 1 N–H and O–H groups in total. The first kappa shape index (κ1) is 10.3. The molecule has 0 aliphatic heterocycles. The van der Waals surface area contributed by atoms with E-state index in [9.17, 15) is 0 Å². The number of hydrogen-bond acceptors (Lipinski definition) is 4. The molecule has 0 aliphatic rings. The highest BCUT2D eigenvalue weighted by molar-refractivity contribution is 5.32. The largest absolute Gasteiger partial charge is 0.483 e. The average molecular weight is 170 g/mol. The average Bonchev–Trinajstić information content (AvgIpc) is 2.06. The number of aromatic nitrogens is 2. The Morgan fingerprint density at radius 3 is 2.50 bits per heavy atom. The Morgan fingerprint density at radius 2 is 2.17 bits per heavy atom. The van der Waals surface area contributed by atoms with Gasteiger partial charge in [0.05, 0.1) is 19.0 Å². The van der Waals surface area contributed by atoms with Gasteiger partial charge in [-0.25, -0.2) is 4.98 Å². The van der Waals surface area contributed by atoms with Crippen molar-refractivity contribution in [1.29, 1.82) is 0 Å². The van der Waals surface area contributed by atoms with Gasteiger partial charge in [0, 0.05) is 6.20 Å². The molecular formula is C7H10N2O3. The van der Waals surface area contributed by atoms with E-state index in [-0.39, 0.29) is 6.47 Å². The van der Waals surface area contributed by atoms with Crippen LogP contribution in [0.3, 0.4) is 0 Å². The molecule has 0 bridgehead atoms. The van der Waals surface area contributed by atoms with Gasteiger partial charge in [0.2, 0.25) is 5.88 Å². The number of hydrogen-bond donors (Lipinski definition) is 1. The molecular weight excluding hydrogens is 160 g/mol. The summed E-state index contributed by atoms with van der Waals surface area (Å²) < 4.78 is 4.82. The minimum absolute atomic E-state index is 0.250. The Bertz CT molecular complexity index is 240. The van der Waals surface area contributed by atoms with Crippen molar-refractivity contribution in [2.75, 3.05) is 7.11 Å². The van der Waals surface area contributed by atoms with Crippen molar-refractivity contribution in [3.8, 4) is 5.88 Å². The lowest BCUT2D eigenvalue weighted by molar-refractivity contribution is -0.122. The Labute approximate surface area is 70.0 Å². The van der Waals surface area contributed by atoms with Gasteiger partial charge in [-0.1, -0.05) is 0 Å². The summed E-state index contributed by atoms with van der Waals surface area (Å²) in [6, 6.07) is 0. The van der Waals surface area contributed by atoms with Crippen LogP contribution in [0, 0.1) is 6.92 Å². The quantitative estimate of drug-likeness (QED) is 0.621. The first-order valence-corrected chi connectivity index (χ1v) is 3.15. The Balaban J connectivity index is 0.000000354. The fourth-order valence-corrected chi connectivity index (χ4v) is 0.539. The van der Waals surface area contributed by atoms with E-state index >= 15 is 0 Å². The van der Waals surface area contributed by atoms with E-state index in [0.717, 1.165) is 5.69 Å². The first-order valence-electron chi connectivity index (χ1n) is 3.15.